The van der Waals surface area contributed by atoms with Crippen LogP contribution in [0.3, 0.4) is 0 Å². The van der Waals surface area contributed by atoms with Crippen molar-refractivity contribution in [2.45, 2.75) is 37.5 Å². The van der Waals surface area contributed by atoms with Crippen molar-refractivity contribution < 1.29 is 13.2 Å². The number of hydrogen-bond acceptors (Lipinski definition) is 4. The average Bonchev–Trinajstić information content (AvgIpc) is 2.87. The molecule has 2 aliphatic heterocycles. The number of fused-ring (bicyclic) bond motifs is 1. The van der Waals surface area contributed by atoms with Gasteiger partial charge in [0.1, 0.15) is 0 Å². The third kappa shape index (κ3) is 4.22. The molecule has 7 heteroatoms. The highest BCUT2D eigenvalue weighted by Gasteiger charge is 2.26. The Morgan fingerprint density at radius 2 is 1.96 bits per heavy atom. The van der Waals surface area contributed by atoms with E-state index in [9.17, 15) is 13.2 Å². The number of carbonyl (C=O) groups is 1. The van der Waals surface area contributed by atoms with E-state index in [1.807, 2.05) is 0 Å². The first-order valence-corrected chi connectivity index (χ1v) is 10.5. The van der Waals surface area contributed by atoms with Crippen molar-refractivity contribution in [2.75, 3.05) is 38.1 Å². The second-order valence-corrected chi connectivity index (χ2v) is 8.96. The predicted molar refractivity (Wildman–Crippen MR) is 98.2 cm³/mol. The normalized spacial score (nSPS) is 19.4. The Balaban J connectivity index is 1.52. The maximum absolute atomic E-state index is 12.5. The van der Waals surface area contributed by atoms with Crippen molar-refractivity contribution >= 4 is 21.6 Å². The van der Waals surface area contributed by atoms with Gasteiger partial charge in [-0.1, -0.05) is 6.92 Å². The van der Waals surface area contributed by atoms with Gasteiger partial charge in [0, 0.05) is 19.3 Å². The quantitative estimate of drug-likeness (QED) is 0.778. The molecule has 0 aliphatic carbocycles. The van der Waals surface area contributed by atoms with Crippen LogP contribution in [0.2, 0.25) is 0 Å². The van der Waals surface area contributed by atoms with Crippen LogP contribution in [-0.2, 0) is 21.2 Å². The fraction of sp³-hybridized carbons (Fsp3) is 0.611. The van der Waals surface area contributed by atoms with Crippen molar-refractivity contribution in [3.8, 4) is 0 Å². The van der Waals surface area contributed by atoms with Gasteiger partial charge >= 0.3 is 0 Å². The van der Waals surface area contributed by atoms with Gasteiger partial charge in [-0.25, -0.2) is 13.1 Å². The van der Waals surface area contributed by atoms with E-state index in [1.165, 1.54) is 12.8 Å². The lowest BCUT2D eigenvalue weighted by molar-refractivity contribution is -0.117. The van der Waals surface area contributed by atoms with Crippen molar-refractivity contribution in [1.82, 2.24) is 9.62 Å². The molecule has 0 bridgehead atoms. The molecule has 3 rings (SSSR count). The van der Waals surface area contributed by atoms with Crippen LogP contribution < -0.4 is 9.62 Å². The van der Waals surface area contributed by atoms with Crippen LogP contribution in [0.1, 0.15) is 31.7 Å². The summed E-state index contributed by atoms with van der Waals surface area (Å²) < 4.78 is 27.6. The van der Waals surface area contributed by atoms with E-state index in [0.29, 0.717) is 6.54 Å². The Bertz CT molecular complexity index is 740. The smallest absolute Gasteiger partial charge is 0.240 e. The molecule has 6 nitrogen and oxygen atoms in total. The number of anilines is 1. The number of nitrogens with zero attached hydrogens (tertiary/aromatic N) is 2. The second-order valence-electron chi connectivity index (χ2n) is 7.20. The minimum Gasteiger partial charge on any atom is -0.315 e. The largest absolute Gasteiger partial charge is 0.315 e. The number of amides is 1. The third-order valence-corrected chi connectivity index (χ3v) is 6.72. The summed E-state index contributed by atoms with van der Waals surface area (Å²) in [6, 6.07) is 4.90. The van der Waals surface area contributed by atoms with Crippen molar-refractivity contribution in [1.29, 1.82) is 0 Å². The summed E-state index contributed by atoms with van der Waals surface area (Å²) in [7, 11) is -1.82. The molecular formula is C18H27N3O3S. The van der Waals surface area contributed by atoms with E-state index in [4.69, 9.17) is 0 Å². The molecule has 2 heterocycles. The molecule has 1 aromatic rings. The molecule has 1 N–H and O–H groups in total. The Kier molecular flexibility index (Phi) is 5.46. The molecule has 0 spiro atoms. The van der Waals surface area contributed by atoms with Crippen molar-refractivity contribution in [3.63, 3.8) is 0 Å². The molecule has 0 unspecified atom stereocenters. The van der Waals surface area contributed by atoms with Gasteiger partial charge in [0.2, 0.25) is 15.9 Å². The number of likely N-dealkylation sites (N-methyl/N-ethyl adjacent to an activating group) is 1. The summed E-state index contributed by atoms with van der Waals surface area (Å²) in [5.74, 6) is 0.800. The number of rotatable bonds is 6. The zero-order chi connectivity index (χ0) is 18.0. The molecule has 1 fully saturated rings. The molecule has 0 saturated carbocycles. The summed E-state index contributed by atoms with van der Waals surface area (Å²) in [6.07, 6.45) is 3.53. The van der Waals surface area contributed by atoms with Gasteiger partial charge in [-0.2, -0.15) is 0 Å². The van der Waals surface area contributed by atoms with Crippen LogP contribution in [0.5, 0.6) is 0 Å². The van der Waals surface area contributed by atoms with E-state index in [0.717, 1.165) is 43.2 Å². The molecule has 0 aromatic heterocycles. The van der Waals surface area contributed by atoms with Crippen LogP contribution in [-0.4, -0.2) is 52.5 Å². The van der Waals surface area contributed by atoms with Gasteiger partial charge in [0.05, 0.1) is 11.3 Å². The van der Waals surface area contributed by atoms with E-state index >= 15 is 0 Å². The molecule has 2 aliphatic rings. The number of nitrogens with one attached hydrogen (secondary N) is 1. The zero-order valence-electron chi connectivity index (χ0n) is 15.0. The van der Waals surface area contributed by atoms with Crippen molar-refractivity contribution in [2.24, 2.45) is 5.92 Å². The maximum Gasteiger partial charge on any atom is 0.240 e. The molecule has 0 atom stereocenters. The lowest BCUT2D eigenvalue weighted by Crippen LogP contribution is -2.35. The Morgan fingerprint density at radius 1 is 1.24 bits per heavy atom. The minimum atomic E-state index is -3.53. The highest BCUT2D eigenvalue weighted by Crippen LogP contribution is 2.29. The molecule has 0 radical (unpaired) electrons. The molecule has 1 saturated heterocycles. The van der Waals surface area contributed by atoms with Gasteiger partial charge in [0.25, 0.3) is 0 Å². The standard InChI is InChI=1S/C18H27N3O3S/c1-14-6-10-21(11-7-14)9-3-8-19-25(23,24)16-4-5-17-15(12-16)13-18(22)20(17)2/h4-5,12,14,19H,3,6-11,13H2,1-2H3. The lowest BCUT2D eigenvalue weighted by Gasteiger charge is -2.30. The van der Waals surface area contributed by atoms with Crippen LogP contribution in [0.15, 0.2) is 23.1 Å². The first kappa shape index (κ1) is 18.4. The van der Waals surface area contributed by atoms with E-state index in [2.05, 4.69) is 16.5 Å². The first-order valence-electron chi connectivity index (χ1n) is 8.98. The van der Waals surface area contributed by atoms with E-state index in [-0.39, 0.29) is 17.2 Å². The summed E-state index contributed by atoms with van der Waals surface area (Å²) in [5.41, 5.74) is 1.57. The SMILES string of the molecule is CC1CCN(CCCNS(=O)(=O)c2ccc3c(c2)CC(=O)N3C)CC1. The molecule has 1 amide bonds. The monoisotopic (exact) mass is 365 g/mol. The number of hydrogen-bond donors (Lipinski definition) is 1. The zero-order valence-corrected chi connectivity index (χ0v) is 15.8. The van der Waals surface area contributed by atoms with Gasteiger partial charge in [0.15, 0.2) is 0 Å². The Morgan fingerprint density at radius 3 is 2.68 bits per heavy atom. The van der Waals surface area contributed by atoms with Gasteiger partial charge in [-0.05, 0) is 68.6 Å². The lowest BCUT2D eigenvalue weighted by atomic mass is 9.99. The van der Waals surface area contributed by atoms with Crippen molar-refractivity contribution in [3.05, 3.63) is 23.8 Å². The second kappa shape index (κ2) is 7.43. The summed E-state index contributed by atoms with van der Waals surface area (Å²) in [6.45, 7) is 5.87. The third-order valence-electron chi connectivity index (χ3n) is 5.26. The summed E-state index contributed by atoms with van der Waals surface area (Å²) >= 11 is 0. The minimum absolute atomic E-state index is 0.00615. The molecule has 138 valence electrons. The Hall–Kier alpha value is -1.44. The highest BCUT2D eigenvalue weighted by atomic mass is 32.2. The predicted octanol–water partition coefficient (Wildman–Crippen LogP) is 1.61. The van der Waals surface area contributed by atoms with Gasteiger partial charge in [-0.15, -0.1) is 0 Å². The highest BCUT2D eigenvalue weighted by molar-refractivity contribution is 7.89. The summed E-state index contributed by atoms with van der Waals surface area (Å²) in [5, 5.41) is 0. The maximum atomic E-state index is 12.5. The molecule has 25 heavy (non-hydrogen) atoms. The summed E-state index contributed by atoms with van der Waals surface area (Å²) in [4.78, 5) is 15.9. The van der Waals surface area contributed by atoms with Crippen LogP contribution in [0, 0.1) is 5.92 Å². The first-order chi connectivity index (χ1) is 11.9. The fourth-order valence-corrected chi connectivity index (χ4v) is 4.62. The topological polar surface area (TPSA) is 69.7 Å². The van der Waals surface area contributed by atoms with Crippen LogP contribution in [0.4, 0.5) is 5.69 Å². The number of sulfonamides is 1. The number of carbonyl (C=O) groups excluding carboxylic acids is 1. The van der Waals surface area contributed by atoms with E-state index < -0.39 is 10.0 Å². The molecule has 1 aromatic carbocycles. The van der Waals surface area contributed by atoms with Gasteiger partial charge in [-0.3, -0.25) is 4.79 Å². The van der Waals surface area contributed by atoms with Gasteiger partial charge < -0.3 is 9.80 Å². The Labute approximate surface area is 150 Å². The number of piperidine rings is 1. The number of likely N-dealkylation sites (tertiary alicyclic amines) is 1. The average molecular weight is 365 g/mol. The fourth-order valence-electron chi connectivity index (χ4n) is 3.49. The van der Waals surface area contributed by atoms with E-state index in [1.54, 1.807) is 30.1 Å². The van der Waals surface area contributed by atoms with Crippen LogP contribution in [0.25, 0.3) is 0 Å². The number of benzene rings is 1. The van der Waals surface area contributed by atoms with Crippen LogP contribution >= 0.6 is 0 Å². The molecular weight excluding hydrogens is 338 g/mol.